The van der Waals surface area contributed by atoms with Crippen LogP contribution in [0.25, 0.3) is 27.5 Å². The fraction of sp³-hybridized carbons (Fsp3) is 0.379. The molecule has 4 aromatic rings. The second-order valence-corrected chi connectivity index (χ2v) is 10.6. The van der Waals surface area contributed by atoms with Crippen molar-refractivity contribution < 1.29 is 0 Å². The molecule has 0 aliphatic heterocycles. The van der Waals surface area contributed by atoms with Gasteiger partial charge in [0.05, 0.1) is 11.0 Å². The number of aryl methyl sites for hydroxylation is 1. The molecule has 1 heterocycles. The van der Waals surface area contributed by atoms with E-state index in [9.17, 15) is 0 Å². The average molecular weight is 392 g/mol. The Kier molecular flexibility index (Phi) is 3.44. The standard InChI is InChI=1S/C29H29N/c1-19-7-9-25-26-15-23(29-16-20-12-21(17-29)14-22(13-20)18-29)8-10-27(26)30(28(25)11-19)24-5-3-2-4-6-24/h2-11,15,20-22H,12-14,16-18H2,1H3. The van der Waals surface area contributed by atoms with Gasteiger partial charge in [0, 0.05) is 16.5 Å². The van der Waals surface area contributed by atoms with Gasteiger partial charge < -0.3 is 4.57 Å². The van der Waals surface area contributed by atoms with E-state index in [0.717, 1.165) is 17.8 Å². The third-order valence-electron chi connectivity index (χ3n) is 8.59. The van der Waals surface area contributed by atoms with Gasteiger partial charge in [-0.25, -0.2) is 0 Å². The molecule has 0 amide bonds. The number of hydrogen-bond donors (Lipinski definition) is 0. The highest BCUT2D eigenvalue weighted by Crippen LogP contribution is 2.61. The number of rotatable bonds is 2. The minimum absolute atomic E-state index is 0.453. The molecule has 3 aromatic carbocycles. The first-order chi connectivity index (χ1) is 14.7. The highest BCUT2D eigenvalue weighted by molar-refractivity contribution is 6.09. The molecule has 30 heavy (non-hydrogen) atoms. The summed E-state index contributed by atoms with van der Waals surface area (Å²) in [4.78, 5) is 0. The quantitative estimate of drug-likeness (QED) is 0.332. The van der Waals surface area contributed by atoms with Gasteiger partial charge >= 0.3 is 0 Å². The minimum Gasteiger partial charge on any atom is -0.309 e. The third kappa shape index (κ3) is 2.35. The van der Waals surface area contributed by atoms with Gasteiger partial charge in [0.25, 0.3) is 0 Å². The normalized spacial score (nSPS) is 29.8. The second-order valence-electron chi connectivity index (χ2n) is 10.6. The molecule has 0 N–H and O–H groups in total. The Morgan fingerprint density at radius 2 is 1.40 bits per heavy atom. The molecule has 8 rings (SSSR count). The Bertz CT molecular complexity index is 1240. The molecule has 4 bridgehead atoms. The number of benzene rings is 3. The SMILES string of the molecule is Cc1ccc2c3cc(C45CC6CC(CC(C6)C4)C5)ccc3n(-c3ccccc3)c2c1. The van der Waals surface area contributed by atoms with Crippen LogP contribution in [0.3, 0.4) is 0 Å². The zero-order valence-electron chi connectivity index (χ0n) is 17.8. The zero-order valence-corrected chi connectivity index (χ0v) is 17.8. The molecular formula is C29H29N. The van der Waals surface area contributed by atoms with Gasteiger partial charge in [-0.15, -0.1) is 0 Å². The third-order valence-corrected chi connectivity index (χ3v) is 8.59. The van der Waals surface area contributed by atoms with Crippen molar-refractivity contribution in [1.82, 2.24) is 4.57 Å². The van der Waals surface area contributed by atoms with Crippen LogP contribution in [0.1, 0.15) is 49.7 Å². The average Bonchev–Trinajstić information content (AvgIpc) is 3.06. The summed E-state index contributed by atoms with van der Waals surface area (Å²) in [6, 6.07) is 25.3. The van der Waals surface area contributed by atoms with Crippen molar-refractivity contribution in [2.75, 3.05) is 0 Å². The Morgan fingerprint density at radius 1 is 0.700 bits per heavy atom. The fourth-order valence-electron chi connectivity index (χ4n) is 7.78. The summed E-state index contributed by atoms with van der Waals surface area (Å²) in [5, 5.41) is 2.83. The van der Waals surface area contributed by atoms with E-state index in [1.54, 1.807) is 5.56 Å². The maximum atomic E-state index is 2.58. The smallest absolute Gasteiger partial charge is 0.0543 e. The summed E-state index contributed by atoms with van der Waals surface area (Å²) in [6.07, 6.45) is 8.82. The second kappa shape index (κ2) is 6.00. The lowest BCUT2D eigenvalue weighted by molar-refractivity contribution is -0.00512. The molecule has 1 nitrogen and oxygen atoms in total. The molecule has 4 aliphatic carbocycles. The van der Waals surface area contributed by atoms with Crippen LogP contribution in [0.15, 0.2) is 66.7 Å². The van der Waals surface area contributed by atoms with E-state index in [2.05, 4.69) is 78.2 Å². The van der Waals surface area contributed by atoms with E-state index in [1.165, 1.54) is 71.6 Å². The van der Waals surface area contributed by atoms with E-state index < -0.39 is 0 Å². The largest absolute Gasteiger partial charge is 0.309 e. The molecule has 0 saturated heterocycles. The number of fused-ring (bicyclic) bond motifs is 3. The molecule has 0 spiro atoms. The lowest BCUT2D eigenvalue weighted by Gasteiger charge is -2.57. The van der Waals surface area contributed by atoms with Crippen LogP contribution in [0.5, 0.6) is 0 Å². The van der Waals surface area contributed by atoms with Crippen molar-refractivity contribution in [3.05, 3.63) is 77.9 Å². The summed E-state index contributed by atoms with van der Waals surface area (Å²) in [5.41, 5.74) is 7.33. The summed E-state index contributed by atoms with van der Waals surface area (Å²) < 4.78 is 2.46. The van der Waals surface area contributed by atoms with Gasteiger partial charge in [0.15, 0.2) is 0 Å². The number of hydrogen-bond acceptors (Lipinski definition) is 0. The first kappa shape index (κ1) is 17.2. The molecular weight excluding hydrogens is 362 g/mol. The number of nitrogens with zero attached hydrogens (tertiary/aromatic N) is 1. The number of para-hydroxylation sites is 1. The van der Waals surface area contributed by atoms with Gasteiger partial charge in [-0.05, 0) is 110 Å². The predicted molar refractivity (Wildman–Crippen MR) is 125 cm³/mol. The Balaban J connectivity index is 1.47. The predicted octanol–water partition coefficient (Wildman–Crippen LogP) is 7.56. The molecule has 0 radical (unpaired) electrons. The first-order valence-electron chi connectivity index (χ1n) is 11.8. The van der Waals surface area contributed by atoms with Gasteiger partial charge in [-0.2, -0.15) is 0 Å². The summed E-state index contributed by atoms with van der Waals surface area (Å²) >= 11 is 0. The maximum Gasteiger partial charge on any atom is 0.0543 e. The Morgan fingerprint density at radius 3 is 2.10 bits per heavy atom. The summed E-state index contributed by atoms with van der Waals surface area (Å²) in [7, 11) is 0. The van der Waals surface area contributed by atoms with Crippen molar-refractivity contribution in [2.45, 2.75) is 50.9 Å². The van der Waals surface area contributed by atoms with E-state index in [1.807, 2.05) is 0 Å². The van der Waals surface area contributed by atoms with Crippen molar-refractivity contribution in [2.24, 2.45) is 17.8 Å². The molecule has 0 atom stereocenters. The van der Waals surface area contributed by atoms with Crippen molar-refractivity contribution in [3.63, 3.8) is 0 Å². The van der Waals surface area contributed by atoms with Crippen LogP contribution in [-0.4, -0.2) is 4.57 Å². The van der Waals surface area contributed by atoms with Crippen LogP contribution in [0.2, 0.25) is 0 Å². The fourth-order valence-corrected chi connectivity index (χ4v) is 7.78. The monoisotopic (exact) mass is 391 g/mol. The van der Waals surface area contributed by atoms with Crippen LogP contribution < -0.4 is 0 Å². The van der Waals surface area contributed by atoms with Crippen molar-refractivity contribution >= 4 is 21.8 Å². The molecule has 0 unspecified atom stereocenters. The van der Waals surface area contributed by atoms with Gasteiger partial charge in [-0.3, -0.25) is 0 Å². The highest BCUT2D eigenvalue weighted by Gasteiger charge is 2.51. The zero-order chi connectivity index (χ0) is 19.9. The van der Waals surface area contributed by atoms with Gasteiger partial charge in [0.2, 0.25) is 0 Å². The molecule has 4 fully saturated rings. The molecule has 1 aromatic heterocycles. The molecule has 1 heteroatoms. The summed E-state index contributed by atoms with van der Waals surface area (Å²) in [6.45, 7) is 2.20. The topological polar surface area (TPSA) is 4.93 Å². The van der Waals surface area contributed by atoms with E-state index in [-0.39, 0.29) is 0 Å². The molecule has 150 valence electrons. The number of aromatic nitrogens is 1. The summed E-state index contributed by atoms with van der Waals surface area (Å²) in [5.74, 6) is 2.96. The lowest BCUT2D eigenvalue weighted by Crippen LogP contribution is -2.48. The van der Waals surface area contributed by atoms with Crippen molar-refractivity contribution in [1.29, 1.82) is 0 Å². The van der Waals surface area contributed by atoms with Crippen molar-refractivity contribution in [3.8, 4) is 5.69 Å². The van der Waals surface area contributed by atoms with Crippen LogP contribution >= 0.6 is 0 Å². The van der Waals surface area contributed by atoms with E-state index in [4.69, 9.17) is 0 Å². The van der Waals surface area contributed by atoms with Crippen LogP contribution in [0, 0.1) is 24.7 Å². The van der Waals surface area contributed by atoms with Crippen LogP contribution in [-0.2, 0) is 5.41 Å². The highest BCUT2D eigenvalue weighted by atomic mass is 15.0. The van der Waals surface area contributed by atoms with E-state index >= 15 is 0 Å². The van der Waals surface area contributed by atoms with Gasteiger partial charge in [-0.1, -0.05) is 36.4 Å². The lowest BCUT2D eigenvalue weighted by atomic mass is 9.48. The van der Waals surface area contributed by atoms with E-state index in [0.29, 0.717) is 5.41 Å². The van der Waals surface area contributed by atoms with Gasteiger partial charge in [0.1, 0.15) is 0 Å². The minimum atomic E-state index is 0.453. The Labute approximate surface area is 178 Å². The Hall–Kier alpha value is -2.54. The molecule has 4 saturated carbocycles. The maximum absolute atomic E-state index is 2.58. The first-order valence-corrected chi connectivity index (χ1v) is 11.8. The van der Waals surface area contributed by atoms with Crippen LogP contribution in [0.4, 0.5) is 0 Å². The molecule has 4 aliphatic rings.